The highest BCUT2D eigenvalue weighted by Gasteiger charge is 1.98. The van der Waals surface area contributed by atoms with Crippen LogP contribution in [0.4, 0.5) is 0 Å². The van der Waals surface area contributed by atoms with E-state index in [1.165, 1.54) is 0 Å². The van der Waals surface area contributed by atoms with E-state index >= 15 is 0 Å². The molecule has 1 heterocycles. The minimum Gasteiger partial charge on any atom is -0.479 e. The number of hydrogen-bond donors (Lipinski definition) is 0. The van der Waals surface area contributed by atoms with Gasteiger partial charge in [0, 0.05) is 6.92 Å². The lowest BCUT2D eigenvalue weighted by molar-refractivity contribution is 0.400. The van der Waals surface area contributed by atoms with Gasteiger partial charge in [-0.3, -0.25) is 0 Å². The zero-order valence-corrected chi connectivity index (χ0v) is 5.23. The summed E-state index contributed by atoms with van der Waals surface area (Å²) < 4.78 is 12.3. The van der Waals surface area contributed by atoms with Crippen LogP contribution in [0.1, 0.15) is 5.69 Å². The molecule has 0 bridgehead atoms. The number of methoxy groups -OCH3 is 1. The summed E-state index contributed by atoms with van der Waals surface area (Å²) in [5.74, 6) is 0.523. The molecule has 0 aliphatic heterocycles. The molecule has 0 fully saturated rings. The second-order valence-electron chi connectivity index (χ2n) is 1.22. The molecule has 1 aromatic rings. The Kier molecular flexibility index (Phi) is 1.43. The second kappa shape index (κ2) is 2.09. The largest absolute Gasteiger partial charge is 0.479 e. The molecule has 0 unspecified atom stereocenters. The van der Waals surface area contributed by atoms with E-state index in [-0.39, 0.29) is 0 Å². The van der Waals surface area contributed by atoms with Crippen LogP contribution in [0.5, 0.6) is 5.88 Å². The molecule has 3 nitrogen and oxygen atoms in total. The van der Waals surface area contributed by atoms with Crippen molar-refractivity contribution in [2.45, 2.75) is 0 Å². The molecule has 0 aliphatic carbocycles. The van der Waals surface area contributed by atoms with Crippen LogP contribution in [-0.4, -0.2) is 15.9 Å². The number of aromatic nitrogens is 2. The first-order chi connectivity index (χ1) is 3.84. The Labute approximate surface area is 51.6 Å². The SMILES string of the molecule is [CH2]c1nsnc1OC. The van der Waals surface area contributed by atoms with E-state index < -0.39 is 0 Å². The highest BCUT2D eigenvalue weighted by atomic mass is 32.1. The van der Waals surface area contributed by atoms with Crippen LogP contribution in [0.3, 0.4) is 0 Å². The van der Waals surface area contributed by atoms with Crippen LogP contribution in [0, 0.1) is 6.92 Å². The van der Waals surface area contributed by atoms with Crippen molar-refractivity contribution >= 4 is 11.7 Å². The van der Waals surface area contributed by atoms with Gasteiger partial charge in [-0.1, -0.05) is 0 Å². The molecule has 0 saturated heterocycles. The smallest absolute Gasteiger partial charge is 0.248 e. The third-order valence-electron chi connectivity index (χ3n) is 0.715. The molecule has 0 N–H and O–H groups in total. The van der Waals surface area contributed by atoms with Crippen molar-refractivity contribution in [2.75, 3.05) is 7.11 Å². The van der Waals surface area contributed by atoms with E-state index in [0.29, 0.717) is 11.6 Å². The van der Waals surface area contributed by atoms with Crippen molar-refractivity contribution < 1.29 is 4.74 Å². The van der Waals surface area contributed by atoms with Gasteiger partial charge in [0.25, 0.3) is 0 Å². The number of hydrogen-bond acceptors (Lipinski definition) is 4. The van der Waals surface area contributed by atoms with Crippen LogP contribution in [0.25, 0.3) is 0 Å². The molecule has 1 aromatic heterocycles. The zero-order chi connectivity index (χ0) is 5.98. The van der Waals surface area contributed by atoms with Gasteiger partial charge in [-0.05, 0) is 0 Å². The fourth-order valence-corrected chi connectivity index (χ4v) is 0.825. The maximum absolute atomic E-state index is 4.76. The lowest BCUT2D eigenvalue weighted by Gasteiger charge is -1.88. The first-order valence-corrected chi connectivity index (χ1v) is 2.76. The van der Waals surface area contributed by atoms with E-state index in [9.17, 15) is 0 Å². The van der Waals surface area contributed by atoms with Crippen molar-refractivity contribution in [1.82, 2.24) is 8.75 Å². The summed E-state index contributed by atoms with van der Waals surface area (Å²) in [7, 11) is 1.55. The summed E-state index contributed by atoms with van der Waals surface area (Å²) in [5, 5.41) is 0. The molecule has 0 aliphatic rings. The number of nitrogens with zero attached hydrogens (tertiary/aromatic N) is 2. The Balaban J connectivity index is 2.92. The Morgan fingerprint density at radius 2 is 2.38 bits per heavy atom. The van der Waals surface area contributed by atoms with Gasteiger partial charge >= 0.3 is 0 Å². The highest BCUT2D eigenvalue weighted by Crippen LogP contribution is 2.11. The van der Waals surface area contributed by atoms with Gasteiger partial charge in [-0.2, -0.15) is 4.37 Å². The first kappa shape index (κ1) is 5.50. The molecular weight excluding hydrogens is 124 g/mol. The summed E-state index contributed by atoms with van der Waals surface area (Å²) in [6.45, 7) is 3.56. The Hall–Kier alpha value is -0.640. The maximum atomic E-state index is 4.76. The minimum absolute atomic E-state index is 0.523. The Morgan fingerprint density at radius 3 is 2.62 bits per heavy atom. The van der Waals surface area contributed by atoms with Gasteiger partial charge in [-0.25, -0.2) is 0 Å². The molecular formula is C4H5N2OS. The van der Waals surface area contributed by atoms with Crippen molar-refractivity contribution in [2.24, 2.45) is 0 Å². The lowest BCUT2D eigenvalue weighted by Crippen LogP contribution is -1.83. The van der Waals surface area contributed by atoms with E-state index in [2.05, 4.69) is 15.7 Å². The predicted octanol–water partition coefficient (Wildman–Crippen LogP) is 0.729. The summed E-state index contributed by atoms with van der Waals surface area (Å²) in [5.41, 5.74) is 0.609. The molecule has 4 heteroatoms. The highest BCUT2D eigenvalue weighted by molar-refractivity contribution is 6.99. The Morgan fingerprint density at radius 1 is 1.62 bits per heavy atom. The fraction of sp³-hybridized carbons (Fsp3) is 0.250. The standard InChI is InChI=1S/C4H5N2OS/c1-3-4(7-2)6-8-5-3/h1H2,2H3. The van der Waals surface area contributed by atoms with Crippen LogP contribution >= 0.6 is 11.7 Å². The third-order valence-corrected chi connectivity index (χ3v) is 1.26. The monoisotopic (exact) mass is 129 g/mol. The van der Waals surface area contributed by atoms with Crippen LogP contribution in [0.2, 0.25) is 0 Å². The van der Waals surface area contributed by atoms with Crippen LogP contribution in [0.15, 0.2) is 0 Å². The van der Waals surface area contributed by atoms with Crippen molar-refractivity contribution in [3.05, 3.63) is 12.6 Å². The topological polar surface area (TPSA) is 35.0 Å². The number of ether oxygens (including phenoxy) is 1. The van der Waals surface area contributed by atoms with Crippen molar-refractivity contribution in [1.29, 1.82) is 0 Å². The molecule has 1 radical (unpaired) electrons. The van der Waals surface area contributed by atoms with E-state index in [4.69, 9.17) is 4.74 Å². The van der Waals surface area contributed by atoms with Gasteiger partial charge in [0.05, 0.1) is 18.8 Å². The summed E-state index contributed by atoms with van der Waals surface area (Å²) >= 11 is 1.10. The van der Waals surface area contributed by atoms with Gasteiger partial charge in [-0.15, -0.1) is 4.37 Å². The van der Waals surface area contributed by atoms with Crippen LogP contribution in [-0.2, 0) is 0 Å². The normalized spacial score (nSPS) is 9.25. The number of rotatable bonds is 1. The molecule has 8 heavy (non-hydrogen) atoms. The minimum atomic E-state index is 0.523. The van der Waals surface area contributed by atoms with E-state index in [0.717, 1.165) is 11.7 Å². The van der Waals surface area contributed by atoms with E-state index in [1.54, 1.807) is 7.11 Å². The van der Waals surface area contributed by atoms with Crippen LogP contribution < -0.4 is 4.74 Å². The summed E-state index contributed by atoms with van der Waals surface area (Å²) in [6.07, 6.45) is 0. The quantitative estimate of drug-likeness (QED) is 0.560. The molecule has 43 valence electrons. The fourth-order valence-electron chi connectivity index (χ4n) is 0.354. The second-order valence-corrected chi connectivity index (χ2v) is 1.75. The van der Waals surface area contributed by atoms with Crippen molar-refractivity contribution in [3.63, 3.8) is 0 Å². The average molecular weight is 129 g/mol. The lowest BCUT2D eigenvalue weighted by atomic mass is 10.5. The van der Waals surface area contributed by atoms with Gasteiger partial charge < -0.3 is 4.74 Å². The third kappa shape index (κ3) is 0.790. The average Bonchev–Trinajstić information content (AvgIpc) is 2.14. The molecule has 0 atom stereocenters. The molecule has 0 saturated carbocycles. The molecule has 1 rings (SSSR count). The summed E-state index contributed by atoms with van der Waals surface area (Å²) in [4.78, 5) is 0. The Bertz CT molecular complexity index is 174. The summed E-state index contributed by atoms with van der Waals surface area (Å²) in [6, 6.07) is 0. The molecule has 0 aromatic carbocycles. The first-order valence-electron chi connectivity index (χ1n) is 2.03. The van der Waals surface area contributed by atoms with Crippen molar-refractivity contribution in [3.8, 4) is 5.88 Å². The van der Waals surface area contributed by atoms with E-state index in [1.807, 2.05) is 0 Å². The maximum Gasteiger partial charge on any atom is 0.248 e. The predicted molar refractivity (Wildman–Crippen MR) is 30.9 cm³/mol. The molecule has 0 amide bonds. The molecule has 0 spiro atoms. The van der Waals surface area contributed by atoms with Gasteiger partial charge in [0.1, 0.15) is 5.69 Å². The van der Waals surface area contributed by atoms with Gasteiger partial charge in [0.15, 0.2) is 0 Å². The zero-order valence-electron chi connectivity index (χ0n) is 4.42. The van der Waals surface area contributed by atoms with Gasteiger partial charge in [0.2, 0.25) is 5.88 Å².